The average molecular weight is 166 g/mol. The molecule has 12 heavy (non-hydrogen) atoms. The molecule has 0 saturated heterocycles. The summed E-state index contributed by atoms with van der Waals surface area (Å²) in [4.78, 5) is 9.59. The molecule has 0 aliphatic heterocycles. The molecule has 0 aliphatic carbocycles. The number of nitrogens with two attached hydrogens (primary N) is 1. The lowest BCUT2D eigenvalue weighted by Crippen LogP contribution is -2.26. The Labute approximate surface area is 70.1 Å². The van der Waals surface area contributed by atoms with E-state index in [0.717, 1.165) is 0 Å². The molecule has 1 rings (SSSR count). The Hall–Kier alpha value is -1.75. The van der Waals surface area contributed by atoms with E-state index in [2.05, 4.69) is 11.0 Å². The number of benzene rings is 1. The number of hydrogen-bond acceptors (Lipinski definition) is 3. The van der Waals surface area contributed by atoms with Gasteiger partial charge in [-0.2, -0.15) is 5.53 Å². The Balaban J connectivity index is 0.000000202. The minimum absolute atomic E-state index is 0.838. The fourth-order valence-corrected chi connectivity index (χ4v) is 0.417. The van der Waals surface area contributed by atoms with Gasteiger partial charge >= 0.3 is 6.03 Å². The first-order valence-electron chi connectivity index (χ1n) is 3.19. The molecule has 0 atom stereocenters. The van der Waals surface area contributed by atoms with Crippen LogP contribution in [-0.4, -0.2) is 6.03 Å². The van der Waals surface area contributed by atoms with E-state index >= 15 is 0 Å². The molecule has 64 valence electrons. The molecule has 0 aromatic heterocycles. The smallest absolute Gasteiger partial charge is 0.273 e. The van der Waals surface area contributed by atoms with Gasteiger partial charge < -0.3 is 0 Å². The topological polar surface area (TPSA) is 91.3 Å². The number of hydrazine groups is 1. The largest absolute Gasteiger partial charge is 0.373 e. The van der Waals surface area contributed by atoms with E-state index in [1.54, 1.807) is 5.43 Å². The maximum Gasteiger partial charge on any atom is 0.373 e. The first-order valence-corrected chi connectivity index (χ1v) is 3.19. The van der Waals surface area contributed by atoms with Crippen LogP contribution in [0.5, 0.6) is 0 Å². The molecule has 0 aliphatic rings. The lowest BCUT2D eigenvalue weighted by molar-refractivity contribution is 0.247. The first kappa shape index (κ1) is 10.2. The first-order chi connectivity index (χ1) is 5.81. The zero-order valence-electron chi connectivity index (χ0n) is 6.40. The van der Waals surface area contributed by atoms with Crippen LogP contribution < -0.4 is 11.3 Å². The summed E-state index contributed by atoms with van der Waals surface area (Å²) in [5.74, 6) is 4.47. The predicted molar refractivity (Wildman–Crippen MR) is 44.3 cm³/mol. The predicted octanol–water partition coefficient (Wildman–Crippen LogP) is 1.29. The fraction of sp³-hybridized carbons (Fsp3) is 0. The van der Waals surface area contributed by atoms with E-state index in [-0.39, 0.29) is 0 Å². The average Bonchev–Trinajstić information content (AvgIpc) is 2.20. The number of amides is 2. The van der Waals surface area contributed by atoms with E-state index in [9.17, 15) is 4.79 Å². The van der Waals surface area contributed by atoms with Crippen LogP contribution in [0.2, 0.25) is 0 Å². The summed E-state index contributed by atoms with van der Waals surface area (Å²) in [6.07, 6.45) is 0. The quantitative estimate of drug-likeness (QED) is 0.234. The van der Waals surface area contributed by atoms with Crippen molar-refractivity contribution in [2.75, 3.05) is 0 Å². The molecule has 0 bridgehead atoms. The summed E-state index contributed by atoms with van der Waals surface area (Å²) in [6.45, 7) is 0. The lowest BCUT2D eigenvalue weighted by Gasteiger charge is -1.80. The molecule has 0 saturated carbocycles. The zero-order valence-corrected chi connectivity index (χ0v) is 6.40. The number of rotatable bonds is 0. The maximum absolute atomic E-state index is 9.59. The van der Waals surface area contributed by atoms with Gasteiger partial charge in [-0.3, -0.25) is 5.43 Å². The molecule has 0 fully saturated rings. The maximum atomic E-state index is 9.59. The van der Waals surface area contributed by atoms with E-state index in [0.29, 0.717) is 0 Å². The Bertz CT molecular complexity index is 197. The Morgan fingerprint density at radius 3 is 1.58 bits per heavy atom. The molecule has 0 spiro atoms. The normalized spacial score (nSPS) is 7.42. The van der Waals surface area contributed by atoms with Crippen LogP contribution in [0.1, 0.15) is 0 Å². The van der Waals surface area contributed by atoms with Crippen molar-refractivity contribution in [3.63, 3.8) is 0 Å². The van der Waals surface area contributed by atoms with Crippen LogP contribution >= 0.6 is 0 Å². The van der Waals surface area contributed by atoms with Crippen molar-refractivity contribution < 1.29 is 4.79 Å². The SMILES string of the molecule is N=NC(=O)NN.c1ccccc1. The number of carbonyl (C=O) groups is 1. The molecular formula is C7H10N4O. The Morgan fingerprint density at radius 2 is 1.50 bits per heavy atom. The molecule has 0 unspecified atom stereocenters. The second kappa shape index (κ2) is 7.36. The number of nitrogens with one attached hydrogen (secondary N) is 2. The molecule has 2 amide bonds. The summed E-state index contributed by atoms with van der Waals surface area (Å²) < 4.78 is 0. The summed E-state index contributed by atoms with van der Waals surface area (Å²) >= 11 is 0. The number of hydrogen-bond donors (Lipinski definition) is 3. The van der Waals surface area contributed by atoms with Crippen molar-refractivity contribution in [3.8, 4) is 0 Å². The summed E-state index contributed by atoms with van der Waals surface area (Å²) in [5.41, 5.74) is 7.56. The monoisotopic (exact) mass is 166 g/mol. The highest BCUT2D eigenvalue weighted by atomic mass is 16.2. The molecule has 0 radical (unpaired) electrons. The van der Waals surface area contributed by atoms with Crippen molar-refractivity contribution in [3.05, 3.63) is 36.4 Å². The molecular weight excluding hydrogens is 156 g/mol. The summed E-state index contributed by atoms with van der Waals surface area (Å²) in [6, 6.07) is 11.2. The van der Waals surface area contributed by atoms with Crippen molar-refractivity contribution in [1.29, 1.82) is 5.53 Å². The van der Waals surface area contributed by atoms with Crippen LogP contribution in [0.3, 0.4) is 0 Å². The second-order valence-electron chi connectivity index (χ2n) is 1.72. The number of urea groups is 1. The van der Waals surface area contributed by atoms with Gasteiger partial charge in [0.05, 0.1) is 0 Å². The third-order valence-corrected chi connectivity index (χ3v) is 0.892. The van der Waals surface area contributed by atoms with Gasteiger partial charge in [-0.25, -0.2) is 10.6 Å². The van der Waals surface area contributed by atoms with Gasteiger partial charge in [-0.15, -0.1) is 0 Å². The van der Waals surface area contributed by atoms with Gasteiger partial charge in [0.2, 0.25) is 0 Å². The van der Waals surface area contributed by atoms with Crippen LogP contribution in [0.25, 0.3) is 0 Å². The van der Waals surface area contributed by atoms with Crippen molar-refractivity contribution in [2.24, 2.45) is 11.0 Å². The zero-order chi connectivity index (χ0) is 9.23. The van der Waals surface area contributed by atoms with Crippen molar-refractivity contribution >= 4 is 6.03 Å². The Morgan fingerprint density at radius 1 is 1.17 bits per heavy atom. The molecule has 1 aromatic carbocycles. The third-order valence-electron chi connectivity index (χ3n) is 0.892. The highest BCUT2D eigenvalue weighted by molar-refractivity contribution is 5.72. The Kier molecular flexibility index (Phi) is 6.29. The van der Waals surface area contributed by atoms with Crippen LogP contribution in [0, 0.1) is 5.53 Å². The van der Waals surface area contributed by atoms with E-state index in [1.807, 2.05) is 36.4 Å². The summed E-state index contributed by atoms with van der Waals surface area (Å²) in [5, 5.41) is 2.38. The number of carbonyl (C=O) groups excluding carboxylic acids is 1. The second-order valence-corrected chi connectivity index (χ2v) is 1.72. The van der Waals surface area contributed by atoms with E-state index in [1.165, 1.54) is 0 Å². The molecule has 0 heterocycles. The van der Waals surface area contributed by atoms with Gasteiger partial charge in [0.15, 0.2) is 0 Å². The molecule has 5 nitrogen and oxygen atoms in total. The van der Waals surface area contributed by atoms with Gasteiger partial charge in [0, 0.05) is 0 Å². The lowest BCUT2D eigenvalue weighted by atomic mass is 10.4. The minimum Gasteiger partial charge on any atom is -0.273 e. The van der Waals surface area contributed by atoms with Crippen LogP contribution in [-0.2, 0) is 0 Å². The number of nitrogens with zero attached hydrogens (tertiary/aromatic N) is 1. The minimum atomic E-state index is -0.838. The summed E-state index contributed by atoms with van der Waals surface area (Å²) in [7, 11) is 0. The standard InChI is InChI=1S/C6H6.CH4N4O/c1-2-4-6-5-3-1;2-4-1(6)5-3/h1-6H;2H,3H2,(H,5,6). The van der Waals surface area contributed by atoms with Gasteiger partial charge in [-0.05, 0) is 0 Å². The van der Waals surface area contributed by atoms with Gasteiger partial charge in [-0.1, -0.05) is 41.5 Å². The molecule has 1 aromatic rings. The van der Waals surface area contributed by atoms with Crippen LogP contribution in [0.15, 0.2) is 41.5 Å². The van der Waals surface area contributed by atoms with Gasteiger partial charge in [0.25, 0.3) is 0 Å². The highest BCUT2D eigenvalue weighted by Crippen LogP contribution is 1.79. The fourth-order valence-electron chi connectivity index (χ4n) is 0.417. The van der Waals surface area contributed by atoms with E-state index in [4.69, 9.17) is 5.53 Å². The van der Waals surface area contributed by atoms with E-state index < -0.39 is 6.03 Å². The van der Waals surface area contributed by atoms with Crippen molar-refractivity contribution in [1.82, 2.24) is 5.43 Å². The highest BCUT2D eigenvalue weighted by Gasteiger charge is 1.83. The molecule has 5 heteroatoms. The van der Waals surface area contributed by atoms with Crippen LogP contribution in [0.4, 0.5) is 4.79 Å². The van der Waals surface area contributed by atoms with Gasteiger partial charge in [0.1, 0.15) is 0 Å². The third kappa shape index (κ3) is 6.37. The van der Waals surface area contributed by atoms with Crippen molar-refractivity contribution in [2.45, 2.75) is 0 Å². The molecule has 4 N–H and O–H groups in total.